The fourth-order valence-electron chi connectivity index (χ4n) is 3.23. The number of carbonyl (C=O) groups is 1. The van der Waals surface area contributed by atoms with Gasteiger partial charge in [0.25, 0.3) is 0 Å². The second-order valence-electron chi connectivity index (χ2n) is 6.70. The minimum atomic E-state index is -0.641. The first-order valence-electron chi connectivity index (χ1n) is 7.31. The highest BCUT2D eigenvalue weighted by Crippen LogP contribution is 2.31. The Morgan fingerprint density at radius 3 is 2.11 bits per heavy atom. The van der Waals surface area contributed by atoms with Crippen LogP contribution < -0.4 is 0 Å². The van der Waals surface area contributed by atoms with E-state index >= 15 is 0 Å². The maximum Gasteiger partial charge on any atom is 0.321 e. The van der Waals surface area contributed by atoms with Crippen molar-refractivity contribution in [2.24, 2.45) is 17.8 Å². The molecule has 0 saturated carbocycles. The Balaban J connectivity index is 2.79. The summed E-state index contributed by atoms with van der Waals surface area (Å²) in [4.78, 5) is 13.7. The van der Waals surface area contributed by atoms with Crippen LogP contribution in [0, 0.1) is 17.8 Å². The summed E-state index contributed by atoms with van der Waals surface area (Å²) in [7, 11) is 0. The molecule has 1 saturated heterocycles. The van der Waals surface area contributed by atoms with Gasteiger partial charge in [0.15, 0.2) is 0 Å². The topological polar surface area (TPSA) is 40.5 Å². The lowest BCUT2D eigenvalue weighted by Crippen LogP contribution is -2.46. The second-order valence-corrected chi connectivity index (χ2v) is 6.70. The van der Waals surface area contributed by atoms with Gasteiger partial charge in [-0.1, -0.05) is 34.6 Å². The standard InChI is InChI=1S/C15H29NO2/c1-10(2)8-13(9-11(3)4)16-7-6-12(5)14(16)15(17)18/h10-14H,6-9H2,1-5H3,(H,17,18). The first-order chi connectivity index (χ1) is 8.32. The number of aliphatic carboxylic acids is 1. The van der Waals surface area contributed by atoms with Crippen LogP contribution in [0.25, 0.3) is 0 Å². The molecular weight excluding hydrogens is 226 g/mol. The largest absolute Gasteiger partial charge is 0.480 e. The third-order valence-electron chi connectivity index (χ3n) is 3.95. The van der Waals surface area contributed by atoms with Gasteiger partial charge < -0.3 is 5.11 Å². The van der Waals surface area contributed by atoms with Crippen LogP contribution in [-0.2, 0) is 4.79 Å². The van der Waals surface area contributed by atoms with Gasteiger partial charge in [-0.15, -0.1) is 0 Å². The van der Waals surface area contributed by atoms with Crippen molar-refractivity contribution in [2.75, 3.05) is 6.54 Å². The Labute approximate surface area is 112 Å². The molecule has 2 atom stereocenters. The van der Waals surface area contributed by atoms with Gasteiger partial charge in [-0.3, -0.25) is 9.69 Å². The Kier molecular flexibility index (Phi) is 5.64. The van der Waals surface area contributed by atoms with E-state index in [2.05, 4.69) is 39.5 Å². The van der Waals surface area contributed by atoms with Crippen molar-refractivity contribution in [1.82, 2.24) is 4.90 Å². The molecule has 3 heteroatoms. The molecule has 1 aliphatic heterocycles. The molecule has 1 fully saturated rings. The van der Waals surface area contributed by atoms with E-state index in [1.165, 1.54) is 0 Å². The fourth-order valence-corrected chi connectivity index (χ4v) is 3.23. The predicted octanol–water partition coefficient (Wildman–Crippen LogP) is 3.24. The number of rotatable bonds is 6. The monoisotopic (exact) mass is 255 g/mol. The molecule has 0 amide bonds. The molecule has 0 aliphatic carbocycles. The van der Waals surface area contributed by atoms with Gasteiger partial charge >= 0.3 is 5.97 Å². The second kappa shape index (κ2) is 6.55. The summed E-state index contributed by atoms with van der Waals surface area (Å²) in [6.45, 7) is 11.9. The molecule has 0 radical (unpaired) electrons. The summed E-state index contributed by atoms with van der Waals surface area (Å²) in [6, 6.07) is 0.156. The van der Waals surface area contributed by atoms with Crippen LogP contribution in [0.1, 0.15) is 53.9 Å². The number of hydrogen-bond donors (Lipinski definition) is 1. The van der Waals surface area contributed by atoms with Gasteiger partial charge in [0.2, 0.25) is 0 Å². The van der Waals surface area contributed by atoms with Crippen molar-refractivity contribution in [3.05, 3.63) is 0 Å². The van der Waals surface area contributed by atoms with Crippen LogP contribution in [0.4, 0.5) is 0 Å². The van der Waals surface area contributed by atoms with Crippen LogP contribution in [0.5, 0.6) is 0 Å². The lowest BCUT2D eigenvalue weighted by Gasteiger charge is -2.34. The Hall–Kier alpha value is -0.570. The summed E-state index contributed by atoms with van der Waals surface area (Å²) >= 11 is 0. The van der Waals surface area contributed by atoms with E-state index in [1.54, 1.807) is 0 Å². The van der Waals surface area contributed by atoms with Gasteiger partial charge in [-0.2, -0.15) is 0 Å². The molecule has 1 aliphatic rings. The first-order valence-corrected chi connectivity index (χ1v) is 7.31. The predicted molar refractivity (Wildman–Crippen MR) is 74.6 cm³/mol. The van der Waals surface area contributed by atoms with E-state index in [0.29, 0.717) is 17.9 Å². The molecule has 0 aromatic heterocycles. The van der Waals surface area contributed by atoms with Gasteiger partial charge in [0.1, 0.15) is 6.04 Å². The van der Waals surface area contributed by atoms with Crippen LogP contribution in [0.3, 0.4) is 0 Å². The zero-order valence-corrected chi connectivity index (χ0v) is 12.5. The molecule has 18 heavy (non-hydrogen) atoms. The normalized spacial score (nSPS) is 25.6. The molecule has 0 spiro atoms. The molecule has 1 heterocycles. The zero-order chi connectivity index (χ0) is 13.9. The van der Waals surface area contributed by atoms with E-state index < -0.39 is 5.97 Å². The molecule has 0 aromatic rings. The smallest absolute Gasteiger partial charge is 0.321 e. The molecule has 3 nitrogen and oxygen atoms in total. The Morgan fingerprint density at radius 1 is 1.22 bits per heavy atom. The molecule has 0 bridgehead atoms. The number of hydrogen-bond acceptors (Lipinski definition) is 2. The third-order valence-corrected chi connectivity index (χ3v) is 3.95. The molecular formula is C15H29NO2. The minimum Gasteiger partial charge on any atom is -0.480 e. The summed E-state index contributed by atoms with van der Waals surface area (Å²) in [5.74, 6) is 0.889. The fraction of sp³-hybridized carbons (Fsp3) is 0.933. The first kappa shape index (κ1) is 15.5. The van der Waals surface area contributed by atoms with Crippen LogP contribution in [0.15, 0.2) is 0 Å². The van der Waals surface area contributed by atoms with Gasteiger partial charge in [0, 0.05) is 6.04 Å². The minimum absolute atomic E-state index is 0.271. The molecule has 0 aromatic carbocycles. The third kappa shape index (κ3) is 3.98. The molecule has 2 unspecified atom stereocenters. The van der Waals surface area contributed by atoms with Gasteiger partial charge in [-0.05, 0) is 43.6 Å². The summed E-state index contributed by atoms with van der Waals surface area (Å²) in [5.41, 5.74) is 0. The quantitative estimate of drug-likeness (QED) is 0.792. The SMILES string of the molecule is CC(C)CC(CC(C)C)N1CCC(C)C1C(=O)O. The Bertz CT molecular complexity index is 266. The van der Waals surface area contributed by atoms with E-state index in [0.717, 1.165) is 25.8 Å². The highest BCUT2D eigenvalue weighted by atomic mass is 16.4. The van der Waals surface area contributed by atoms with Gasteiger partial charge in [-0.25, -0.2) is 0 Å². The van der Waals surface area contributed by atoms with E-state index in [1.807, 2.05) is 0 Å². The maximum absolute atomic E-state index is 11.5. The van der Waals surface area contributed by atoms with Crippen LogP contribution in [-0.4, -0.2) is 34.6 Å². The van der Waals surface area contributed by atoms with Crippen molar-refractivity contribution in [3.63, 3.8) is 0 Å². The zero-order valence-electron chi connectivity index (χ0n) is 12.5. The van der Waals surface area contributed by atoms with Crippen molar-refractivity contribution >= 4 is 5.97 Å². The van der Waals surface area contributed by atoms with E-state index in [4.69, 9.17) is 0 Å². The lowest BCUT2D eigenvalue weighted by atomic mass is 9.93. The lowest BCUT2D eigenvalue weighted by molar-refractivity contribution is -0.144. The molecule has 106 valence electrons. The number of carboxylic acids is 1. The highest BCUT2D eigenvalue weighted by molar-refractivity contribution is 5.74. The van der Waals surface area contributed by atoms with Crippen molar-refractivity contribution < 1.29 is 9.90 Å². The van der Waals surface area contributed by atoms with Crippen LogP contribution >= 0.6 is 0 Å². The number of nitrogens with zero attached hydrogens (tertiary/aromatic N) is 1. The summed E-state index contributed by atoms with van der Waals surface area (Å²) < 4.78 is 0. The molecule has 1 rings (SSSR count). The number of carboxylic acid groups (broad SMARTS) is 1. The average molecular weight is 255 g/mol. The van der Waals surface area contributed by atoms with Crippen molar-refractivity contribution in [2.45, 2.75) is 66.0 Å². The highest BCUT2D eigenvalue weighted by Gasteiger charge is 2.40. The van der Waals surface area contributed by atoms with E-state index in [9.17, 15) is 9.90 Å². The molecule has 1 N–H and O–H groups in total. The average Bonchev–Trinajstić information content (AvgIpc) is 2.57. The summed E-state index contributed by atoms with van der Waals surface area (Å²) in [5, 5.41) is 9.43. The van der Waals surface area contributed by atoms with E-state index in [-0.39, 0.29) is 12.0 Å². The Morgan fingerprint density at radius 2 is 1.72 bits per heavy atom. The van der Waals surface area contributed by atoms with Crippen LogP contribution in [0.2, 0.25) is 0 Å². The number of likely N-dealkylation sites (tertiary alicyclic amines) is 1. The van der Waals surface area contributed by atoms with Crippen molar-refractivity contribution in [3.8, 4) is 0 Å². The maximum atomic E-state index is 11.5. The van der Waals surface area contributed by atoms with Crippen molar-refractivity contribution in [1.29, 1.82) is 0 Å². The summed E-state index contributed by atoms with van der Waals surface area (Å²) in [6.07, 6.45) is 3.23. The van der Waals surface area contributed by atoms with Gasteiger partial charge in [0.05, 0.1) is 0 Å².